The monoisotopic (exact) mass is 214 g/mol. The van der Waals surface area contributed by atoms with Gasteiger partial charge in [-0.15, -0.1) is 0 Å². The predicted molar refractivity (Wildman–Crippen MR) is 66.8 cm³/mol. The quantitative estimate of drug-likeness (QED) is 0.695. The van der Waals surface area contributed by atoms with Gasteiger partial charge in [-0.2, -0.15) is 5.10 Å². The average Bonchev–Trinajstić information content (AvgIpc) is 2.83. The molecule has 0 aliphatic rings. The normalized spacial score (nSPS) is 10.6. The lowest BCUT2D eigenvalue weighted by Crippen LogP contribution is -1.99. The number of aryl methyl sites for hydroxylation is 1. The Morgan fingerprint density at radius 3 is 2.75 bits per heavy atom. The van der Waals surface area contributed by atoms with Gasteiger partial charge in [0.05, 0.1) is 5.69 Å². The first-order chi connectivity index (χ1) is 7.92. The maximum atomic E-state index is 4.29. The van der Waals surface area contributed by atoms with Crippen LogP contribution in [0.5, 0.6) is 0 Å². The summed E-state index contributed by atoms with van der Waals surface area (Å²) in [5.74, 6) is 0. The third-order valence-electron chi connectivity index (χ3n) is 2.79. The first-order valence-electron chi connectivity index (χ1n) is 5.99. The fraction of sp³-hybridized carbons (Fsp3) is 0.357. The fourth-order valence-corrected chi connectivity index (χ4v) is 1.92. The van der Waals surface area contributed by atoms with Gasteiger partial charge in [-0.05, 0) is 30.5 Å². The van der Waals surface area contributed by atoms with Gasteiger partial charge < -0.3 is 0 Å². The number of unbranched alkanes of at least 4 members (excludes halogenated alkanes) is 2. The molecule has 0 bridgehead atoms. The minimum Gasteiger partial charge on any atom is -0.241 e. The van der Waals surface area contributed by atoms with Crippen molar-refractivity contribution in [1.82, 2.24) is 9.78 Å². The van der Waals surface area contributed by atoms with E-state index in [4.69, 9.17) is 0 Å². The zero-order chi connectivity index (χ0) is 11.2. The molecule has 2 heteroatoms. The summed E-state index contributed by atoms with van der Waals surface area (Å²) < 4.78 is 1.95. The van der Waals surface area contributed by atoms with Crippen LogP contribution in [0.15, 0.2) is 42.7 Å². The van der Waals surface area contributed by atoms with Gasteiger partial charge in [0.1, 0.15) is 0 Å². The van der Waals surface area contributed by atoms with Crippen LogP contribution in [0.25, 0.3) is 5.69 Å². The molecule has 16 heavy (non-hydrogen) atoms. The zero-order valence-electron chi connectivity index (χ0n) is 9.76. The molecule has 0 spiro atoms. The Morgan fingerprint density at radius 1 is 1.12 bits per heavy atom. The van der Waals surface area contributed by atoms with Gasteiger partial charge in [0, 0.05) is 12.4 Å². The molecule has 1 aromatic carbocycles. The summed E-state index contributed by atoms with van der Waals surface area (Å²) in [6.07, 6.45) is 8.79. The molecule has 0 saturated carbocycles. The molecule has 0 N–H and O–H groups in total. The number of aromatic nitrogens is 2. The Hall–Kier alpha value is -1.57. The minimum absolute atomic E-state index is 1.14. The zero-order valence-corrected chi connectivity index (χ0v) is 9.76. The summed E-state index contributed by atoms with van der Waals surface area (Å²) in [4.78, 5) is 0. The average molecular weight is 214 g/mol. The van der Waals surface area contributed by atoms with Crippen LogP contribution >= 0.6 is 0 Å². The maximum absolute atomic E-state index is 4.29. The van der Waals surface area contributed by atoms with Crippen molar-refractivity contribution in [2.45, 2.75) is 32.6 Å². The number of nitrogens with zero attached hydrogens (tertiary/aromatic N) is 2. The highest BCUT2D eigenvalue weighted by Crippen LogP contribution is 2.16. The van der Waals surface area contributed by atoms with E-state index in [2.05, 4.69) is 36.3 Å². The first kappa shape index (κ1) is 10.9. The third kappa shape index (κ3) is 2.51. The van der Waals surface area contributed by atoms with Crippen LogP contribution in [0, 0.1) is 0 Å². The van der Waals surface area contributed by atoms with Gasteiger partial charge in [0.2, 0.25) is 0 Å². The number of hydrogen-bond donors (Lipinski definition) is 0. The Balaban J connectivity index is 2.18. The number of para-hydroxylation sites is 1. The molecule has 2 rings (SSSR count). The van der Waals surface area contributed by atoms with E-state index in [1.54, 1.807) is 0 Å². The summed E-state index contributed by atoms with van der Waals surface area (Å²) in [6, 6.07) is 10.5. The van der Waals surface area contributed by atoms with Crippen LogP contribution in [-0.2, 0) is 6.42 Å². The smallest absolute Gasteiger partial charge is 0.0677 e. The van der Waals surface area contributed by atoms with Crippen LogP contribution in [0.4, 0.5) is 0 Å². The molecule has 84 valence electrons. The van der Waals surface area contributed by atoms with Crippen LogP contribution in [0.1, 0.15) is 31.7 Å². The van der Waals surface area contributed by atoms with Gasteiger partial charge in [0.15, 0.2) is 0 Å². The van der Waals surface area contributed by atoms with E-state index >= 15 is 0 Å². The maximum Gasteiger partial charge on any atom is 0.0677 e. The summed E-state index contributed by atoms with van der Waals surface area (Å²) in [6.45, 7) is 2.24. The Labute approximate surface area is 96.9 Å². The molecule has 0 aliphatic heterocycles. The topological polar surface area (TPSA) is 17.8 Å². The van der Waals surface area contributed by atoms with Crippen molar-refractivity contribution in [3.8, 4) is 5.69 Å². The lowest BCUT2D eigenvalue weighted by atomic mass is 10.1. The fourth-order valence-electron chi connectivity index (χ4n) is 1.92. The number of rotatable bonds is 5. The van der Waals surface area contributed by atoms with Crippen molar-refractivity contribution in [2.75, 3.05) is 0 Å². The molecule has 1 aromatic heterocycles. The highest BCUT2D eigenvalue weighted by Gasteiger charge is 2.03. The summed E-state index contributed by atoms with van der Waals surface area (Å²) in [7, 11) is 0. The summed E-state index contributed by atoms with van der Waals surface area (Å²) in [5, 5.41) is 4.29. The highest BCUT2D eigenvalue weighted by atomic mass is 15.3. The SMILES string of the molecule is CCCCCc1ccccc1-n1cccn1. The van der Waals surface area contributed by atoms with Crippen LogP contribution in [-0.4, -0.2) is 9.78 Å². The second-order valence-electron chi connectivity index (χ2n) is 4.04. The van der Waals surface area contributed by atoms with E-state index in [1.165, 1.54) is 30.5 Å². The molecule has 0 unspecified atom stereocenters. The van der Waals surface area contributed by atoms with E-state index in [0.717, 1.165) is 6.42 Å². The molecule has 2 aromatic rings. The van der Waals surface area contributed by atoms with Crippen LogP contribution in [0.2, 0.25) is 0 Å². The minimum atomic E-state index is 1.14. The van der Waals surface area contributed by atoms with E-state index in [0.29, 0.717) is 0 Å². The molecule has 0 aliphatic carbocycles. The lowest BCUT2D eigenvalue weighted by Gasteiger charge is -2.08. The predicted octanol–water partition coefficient (Wildman–Crippen LogP) is 3.61. The molecule has 0 radical (unpaired) electrons. The third-order valence-corrected chi connectivity index (χ3v) is 2.79. The van der Waals surface area contributed by atoms with Crippen molar-refractivity contribution >= 4 is 0 Å². The first-order valence-corrected chi connectivity index (χ1v) is 5.99. The second-order valence-corrected chi connectivity index (χ2v) is 4.04. The lowest BCUT2D eigenvalue weighted by molar-refractivity contribution is 0.711. The molecule has 0 atom stereocenters. The Kier molecular flexibility index (Phi) is 3.76. The molecular weight excluding hydrogens is 196 g/mol. The molecule has 1 heterocycles. The Bertz CT molecular complexity index is 418. The van der Waals surface area contributed by atoms with Crippen LogP contribution < -0.4 is 0 Å². The van der Waals surface area contributed by atoms with Gasteiger partial charge in [0.25, 0.3) is 0 Å². The van der Waals surface area contributed by atoms with Crippen molar-refractivity contribution in [3.63, 3.8) is 0 Å². The summed E-state index contributed by atoms with van der Waals surface area (Å²) >= 11 is 0. The largest absolute Gasteiger partial charge is 0.241 e. The van der Waals surface area contributed by atoms with Crippen molar-refractivity contribution < 1.29 is 0 Å². The molecule has 0 saturated heterocycles. The van der Waals surface area contributed by atoms with E-state index in [-0.39, 0.29) is 0 Å². The number of hydrogen-bond acceptors (Lipinski definition) is 1. The number of benzene rings is 1. The van der Waals surface area contributed by atoms with Gasteiger partial charge >= 0.3 is 0 Å². The molecule has 0 fully saturated rings. The van der Waals surface area contributed by atoms with Crippen molar-refractivity contribution in [3.05, 3.63) is 48.3 Å². The molecular formula is C14H18N2. The molecule has 0 amide bonds. The Morgan fingerprint density at radius 2 is 2.00 bits per heavy atom. The van der Waals surface area contributed by atoms with Crippen molar-refractivity contribution in [2.24, 2.45) is 0 Å². The van der Waals surface area contributed by atoms with Gasteiger partial charge in [-0.25, -0.2) is 4.68 Å². The molecule has 2 nitrogen and oxygen atoms in total. The summed E-state index contributed by atoms with van der Waals surface area (Å²) in [5.41, 5.74) is 2.60. The van der Waals surface area contributed by atoms with Crippen molar-refractivity contribution in [1.29, 1.82) is 0 Å². The van der Waals surface area contributed by atoms with Crippen LogP contribution in [0.3, 0.4) is 0 Å². The second kappa shape index (κ2) is 5.50. The van der Waals surface area contributed by atoms with E-state index < -0.39 is 0 Å². The highest BCUT2D eigenvalue weighted by molar-refractivity contribution is 5.40. The standard InChI is InChI=1S/C14H18N2/c1-2-3-4-8-13-9-5-6-10-14(13)16-12-7-11-15-16/h5-7,9-12H,2-4,8H2,1H3. The van der Waals surface area contributed by atoms with Gasteiger partial charge in [-0.1, -0.05) is 38.0 Å². The van der Waals surface area contributed by atoms with E-state index in [9.17, 15) is 0 Å². The van der Waals surface area contributed by atoms with Gasteiger partial charge in [-0.3, -0.25) is 0 Å². The van der Waals surface area contributed by atoms with E-state index in [1.807, 2.05) is 23.1 Å².